The normalized spacial score (nSPS) is 15.6. The van der Waals surface area contributed by atoms with Crippen LogP contribution < -0.4 is 3.78 Å². The molecule has 0 bridgehead atoms. The van der Waals surface area contributed by atoms with Crippen molar-refractivity contribution < 1.29 is 4.52 Å². The summed E-state index contributed by atoms with van der Waals surface area (Å²) in [6.45, 7) is 6.98. The predicted octanol–water partition coefficient (Wildman–Crippen LogP) is 5.61. The molecule has 120 valence electrons. The van der Waals surface area contributed by atoms with E-state index in [1.54, 1.807) is 0 Å². The fraction of sp³-hybridized carbons (Fsp3) is 0.833. The molecule has 1 fully saturated rings. The van der Waals surface area contributed by atoms with Gasteiger partial charge < -0.3 is 0 Å². The van der Waals surface area contributed by atoms with Crippen LogP contribution in [0, 0.1) is 0 Å². The zero-order valence-electron chi connectivity index (χ0n) is 14.3. The van der Waals surface area contributed by atoms with E-state index >= 15 is 0 Å². The van der Waals surface area contributed by atoms with E-state index in [4.69, 9.17) is 4.52 Å². The van der Waals surface area contributed by atoms with Crippen molar-refractivity contribution in [2.45, 2.75) is 91.4 Å². The molecule has 1 heterocycles. The Morgan fingerprint density at radius 2 is 1.52 bits per heavy atom. The molecule has 2 nitrogen and oxygen atoms in total. The summed E-state index contributed by atoms with van der Waals surface area (Å²) in [7, 11) is 0. The van der Waals surface area contributed by atoms with Crippen LogP contribution in [0.5, 0.6) is 0 Å². The van der Waals surface area contributed by atoms with Gasteiger partial charge in [0.15, 0.2) is 0 Å². The molecule has 21 heavy (non-hydrogen) atoms. The van der Waals surface area contributed by atoms with E-state index < -0.39 is 18.4 Å². The molecule has 0 radical (unpaired) electrons. The summed E-state index contributed by atoms with van der Waals surface area (Å²) in [6, 6.07) is 2.40. The van der Waals surface area contributed by atoms with Gasteiger partial charge in [0.05, 0.1) is 0 Å². The molecule has 1 saturated carbocycles. The monoisotopic (exact) mass is 399 g/mol. The van der Waals surface area contributed by atoms with Crippen LogP contribution in [0.3, 0.4) is 0 Å². The molecule has 1 aromatic rings. The van der Waals surface area contributed by atoms with Crippen molar-refractivity contribution in [1.82, 2.24) is 5.16 Å². The van der Waals surface area contributed by atoms with Gasteiger partial charge in [-0.15, -0.1) is 0 Å². The van der Waals surface area contributed by atoms with Gasteiger partial charge in [0.25, 0.3) is 0 Å². The zero-order chi connectivity index (χ0) is 15.1. The number of rotatable bonds is 11. The Labute approximate surface area is 134 Å². The molecule has 3 heteroatoms. The van der Waals surface area contributed by atoms with Crippen LogP contribution in [0.4, 0.5) is 0 Å². The molecular weight excluding hydrogens is 365 g/mol. The van der Waals surface area contributed by atoms with Crippen LogP contribution in [-0.2, 0) is 0 Å². The summed E-state index contributed by atoms with van der Waals surface area (Å²) in [5.41, 5.74) is 1.27. The van der Waals surface area contributed by atoms with Crippen LogP contribution in [-0.4, -0.2) is 23.5 Å². The summed E-state index contributed by atoms with van der Waals surface area (Å²) >= 11 is -2.34. The molecule has 2 rings (SSSR count). The SMILES string of the molecule is CCC[CH2][Sn]([CH2]CCC)([CH2]CCC)[c]1cc(C2CC2)no1. The van der Waals surface area contributed by atoms with Crippen molar-refractivity contribution in [2.24, 2.45) is 0 Å². The third kappa shape index (κ3) is 4.74. The third-order valence-corrected chi connectivity index (χ3v) is 20.0. The first kappa shape index (κ1) is 17.4. The van der Waals surface area contributed by atoms with Crippen molar-refractivity contribution in [3.8, 4) is 0 Å². The molecular formula is C18H33NOSn. The molecule has 0 spiro atoms. The van der Waals surface area contributed by atoms with Gasteiger partial charge in [-0.3, -0.25) is 0 Å². The number of aromatic nitrogens is 1. The predicted molar refractivity (Wildman–Crippen MR) is 93.0 cm³/mol. The topological polar surface area (TPSA) is 26.0 Å². The molecule has 0 unspecified atom stereocenters. The molecule has 1 aliphatic rings. The van der Waals surface area contributed by atoms with Crippen LogP contribution in [0.25, 0.3) is 0 Å². The van der Waals surface area contributed by atoms with Gasteiger partial charge >= 0.3 is 135 Å². The van der Waals surface area contributed by atoms with E-state index in [0.29, 0.717) is 0 Å². The quantitative estimate of drug-likeness (QED) is 0.453. The molecule has 0 amide bonds. The number of hydrogen-bond donors (Lipinski definition) is 0. The van der Waals surface area contributed by atoms with E-state index in [1.807, 2.05) is 0 Å². The van der Waals surface area contributed by atoms with Crippen molar-refractivity contribution in [3.05, 3.63) is 11.8 Å². The summed E-state index contributed by atoms with van der Waals surface area (Å²) in [4.78, 5) is 0. The van der Waals surface area contributed by atoms with Gasteiger partial charge in [0.1, 0.15) is 0 Å². The molecule has 0 aromatic carbocycles. The molecule has 0 aliphatic heterocycles. The first-order valence-electron chi connectivity index (χ1n) is 9.22. The second kappa shape index (κ2) is 8.59. The number of nitrogens with zero attached hydrogens (tertiary/aromatic N) is 1. The molecule has 0 saturated heterocycles. The average molecular weight is 398 g/mol. The number of unbranched alkanes of at least 4 members (excludes halogenated alkanes) is 3. The fourth-order valence-electron chi connectivity index (χ4n) is 3.40. The second-order valence-corrected chi connectivity index (χ2v) is 20.0. The van der Waals surface area contributed by atoms with Gasteiger partial charge in [0.2, 0.25) is 0 Å². The van der Waals surface area contributed by atoms with E-state index in [0.717, 1.165) is 5.92 Å². The van der Waals surface area contributed by atoms with Crippen LogP contribution in [0.1, 0.15) is 83.7 Å². The summed E-state index contributed by atoms with van der Waals surface area (Å²) in [5.74, 6) is 0.731. The maximum atomic E-state index is 5.97. The molecule has 1 aromatic heterocycles. The van der Waals surface area contributed by atoms with Crippen molar-refractivity contribution >= 4 is 22.2 Å². The second-order valence-electron chi connectivity index (χ2n) is 6.98. The van der Waals surface area contributed by atoms with Crippen LogP contribution in [0.2, 0.25) is 13.3 Å². The Hall–Kier alpha value is 0.00870. The zero-order valence-corrected chi connectivity index (χ0v) is 17.1. The minimum atomic E-state index is -2.34. The standard InChI is InChI=1S/C6H6NO.3C4H9.Sn/c1-2-5(1)6-3-4-8-7-6;3*1-3-4-2;/h3,5H,1-2H2;3*1,3-4H2,2H3;. The van der Waals surface area contributed by atoms with Gasteiger partial charge in [-0.2, -0.15) is 0 Å². The minimum absolute atomic E-state index is 0.731. The Kier molecular flexibility index (Phi) is 7.10. The third-order valence-electron chi connectivity index (χ3n) is 5.07. The summed E-state index contributed by atoms with van der Waals surface area (Å²) < 4.78 is 11.8. The van der Waals surface area contributed by atoms with Crippen LogP contribution in [0.15, 0.2) is 10.6 Å². The van der Waals surface area contributed by atoms with Gasteiger partial charge in [0, 0.05) is 0 Å². The van der Waals surface area contributed by atoms with Gasteiger partial charge in [-0.1, -0.05) is 0 Å². The van der Waals surface area contributed by atoms with Gasteiger partial charge in [-0.25, -0.2) is 0 Å². The first-order chi connectivity index (χ1) is 10.3. The van der Waals surface area contributed by atoms with E-state index in [2.05, 4.69) is 32.0 Å². The van der Waals surface area contributed by atoms with Crippen molar-refractivity contribution in [2.75, 3.05) is 0 Å². The Bertz CT molecular complexity index is 389. The van der Waals surface area contributed by atoms with E-state index in [1.165, 1.54) is 74.1 Å². The maximum absolute atomic E-state index is 5.97. The first-order valence-corrected chi connectivity index (χ1v) is 16.7. The van der Waals surface area contributed by atoms with Crippen LogP contribution >= 0.6 is 0 Å². The van der Waals surface area contributed by atoms with E-state index in [-0.39, 0.29) is 0 Å². The Morgan fingerprint density at radius 3 is 1.95 bits per heavy atom. The van der Waals surface area contributed by atoms with Crippen molar-refractivity contribution in [3.63, 3.8) is 0 Å². The Morgan fingerprint density at radius 1 is 1.00 bits per heavy atom. The molecule has 1 aliphatic carbocycles. The van der Waals surface area contributed by atoms with Gasteiger partial charge in [-0.05, 0) is 0 Å². The fourth-order valence-corrected chi connectivity index (χ4v) is 18.5. The average Bonchev–Trinajstić information content (AvgIpc) is 3.24. The molecule has 0 atom stereocenters. The number of hydrogen-bond acceptors (Lipinski definition) is 2. The summed E-state index contributed by atoms with van der Waals surface area (Å²) in [5, 5.41) is 4.45. The summed E-state index contributed by atoms with van der Waals surface area (Å²) in [6.07, 6.45) is 10.8. The molecule has 0 N–H and O–H groups in total. The Balaban J connectivity index is 2.19. The van der Waals surface area contributed by atoms with Crippen molar-refractivity contribution in [1.29, 1.82) is 0 Å². The van der Waals surface area contributed by atoms with E-state index in [9.17, 15) is 0 Å².